The maximum absolute atomic E-state index is 11.7. The van der Waals surface area contributed by atoms with E-state index >= 15 is 0 Å². The van der Waals surface area contributed by atoms with Gasteiger partial charge in [0, 0.05) is 16.7 Å². The third-order valence-corrected chi connectivity index (χ3v) is 3.07. The molecule has 2 rings (SSSR count). The van der Waals surface area contributed by atoms with Crippen LogP contribution in [0.25, 0.3) is 10.4 Å². The molecule has 1 aromatic rings. The summed E-state index contributed by atoms with van der Waals surface area (Å²) in [7, 11) is 0. The highest BCUT2D eigenvalue weighted by Gasteiger charge is 2.40. The summed E-state index contributed by atoms with van der Waals surface area (Å²) in [5, 5.41) is 12.7. The van der Waals surface area contributed by atoms with Crippen LogP contribution in [0.4, 0.5) is 0 Å². The minimum atomic E-state index is -1.34. The molecule has 0 unspecified atom stereocenters. The van der Waals surface area contributed by atoms with Crippen molar-refractivity contribution in [3.63, 3.8) is 0 Å². The zero-order chi connectivity index (χ0) is 14.0. The Kier molecular flexibility index (Phi) is 3.43. The fourth-order valence-electron chi connectivity index (χ4n) is 2.02. The number of rotatable bonds is 3. The van der Waals surface area contributed by atoms with Gasteiger partial charge in [-0.05, 0) is 25.3 Å². The van der Waals surface area contributed by atoms with Crippen molar-refractivity contribution in [1.82, 2.24) is 9.55 Å². The molecule has 1 saturated heterocycles. The minimum Gasteiger partial charge on any atom is -0.393 e. The molecule has 2 atom stereocenters. The number of aliphatic hydroxyl groups excluding tert-OH is 1. The molecule has 0 spiro atoms. The number of aryl methyl sites for hydroxylation is 1. The molecule has 9 heteroatoms. The molecule has 1 aliphatic rings. The highest BCUT2D eigenvalue weighted by Crippen LogP contribution is 2.36. The van der Waals surface area contributed by atoms with E-state index in [0.29, 0.717) is 18.4 Å². The standard InChI is InChI=1S/C10H13N5O4/c1-6-4-15(9(18)12-8(6)17)7-2-3-10(5-16,19-7)13-14-11/h4,7,16H,2-3,5H2,1H3,(H,12,17,18)/t7-,10+/m1/s1. The third-order valence-electron chi connectivity index (χ3n) is 3.07. The monoisotopic (exact) mass is 267 g/mol. The molecule has 2 heterocycles. The summed E-state index contributed by atoms with van der Waals surface area (Å²) in [4.78, 5) is 27.8. The molecule has 2 N–H and O–H groups in total. The fraction of sp³-hybridized carbons (Fsp3) is 0.600. The first-order valence-electron chi connectivity index (χ1n) is 5.68. The average molecular weight is 267 g/mol. The van der Waals surface area contributed by atoms with E-state index in [-0.39, 0.29) is 0 Å². The van der Waals surface area contributed by atoms with Gasteiger partial charge in [0.2, 0.25) is 0 Å². The van der Waals surface area contributed by atoms with Crippen molar-refractivity contribution in [2.45, 2.75) is 31.7 Å². The molecule has 0 saturated carbocycles. The number of aliphatic hydroxyl groups is 1. The number of hydrogen-bond donors (Lipinski definition) is 2. The van der Waals surface area contributed by atoms with Crippen molar-refractivity contribution in [2.75, 3.05) is 6.61 Å². The Morgan fingerprint density at radius 1 is 1.74 bits per heavy atom. The Morgan fingerprint density at radius 2 is 2.47 bits per heavy atom. The first-order chi connectivity index (χ1) is 9.01. The van der Waals surface area contributed by atoms with Crippen molar-refractivity contribution in [1.29, 1.82) is 0 Å². The predicted octanol–water partition coefficient (Wildman–Crippen LogP) is 0.153. The van der Waals surface area contributed by atoms with Gasteiger partial charge in [0.15, 0.2) is 5.72 Å². The Bertz CT molecular complexity index is 644. The topological polar surface area (TPSA) is 133 Å². The number of aromatic amines is 1. The van der Waals surface area contributed by atoms with E-state index in [1.54, 1.807) is 6.92 Å². The van der Waals surface area contributed by atoms with Gasteiger partial charge in [-0.1, -0.05) is 5.11 Å². The smallest absolute Gasteiger partial charge is 0.330 e. The van der Waals surface area contributed by atoms with E-state index < -0.39 is 29.8 Å². The van der Waals surface area contributed by atoms with Crippen molar-refractivity contribution in [2.24, 2.45) is 5.11 Å². The number of nitrogens with one attached hydrogen (secondary N) is 1. The lowest BCUT2D eigenvalue weighted by Crippen LogP contribution is -2.35. The van der Waals surface area contributed by atoms with Gasteiger partial charge in [0.25, 0.3) is 5.56 Å². The Balaban J connectivity index is 2.36. The van der Waals surface area contributed by atoms with Gasteiger partial charge in [0.05, 0.1) is 6.61 Å². The van der Waals surface area contributed by atoms with Gasteiger partial charge in [-0.25, -0.2) is 4.79 Å². The van der Waals surface area contributed by atoms with Crippen molar-refractivity contribution in [3.8, 4) is 0 Å². The van der Waals surface area contributed by atoms with Crippen LogP contribution in [0, 0.1) is 6.92 Å². The van der Waals surface area contributed by atoms with Crippen LogP contribution in [0.3, 0.4) is 0 Å². The molecule has 102 valence electrons. The summed E-state index contributed by atoms with van der Waals surface area (Å²) in [5.41, 5.74) is 6.43. The second-order valence-corrected chi connectivity index (χ2v) is 4.38. The van der Waals surface area contributed by atoms with E-state index in [1.807, 2.05) is 0 Å². The second kappa shape index (κ2) is 4.88. The average Bonchev–Trinajstić information content (AvgIpc) is 2.79. The second-order valence-electron chi connectivity index (χ2n) is 4.38. The first-order valence-corrected chi connectivity index (χ1v) is 5.68. The van der Waals surface area contributed by atoms with Crippen molar-refractivity contribution >= 4 is 0 Å². The lowest BCUT2D eigenvalue weighted by Gasteiger charge is -2.22. The Hall–Kier alpha value is -2.09. The first kappa shape index (κ1) is 13.3. The summed E-state index contributed by atoms with van der Waals surface area (Å²) in [6.45, 7) is 1.10. The van der Waals surface area contributed by atoms with Crippen molar-refractivity contribution < 1.29 is 9.84 Å². The van der Waals surface area contributed by atoms with E-state index in [1.165, 1.54) is 10.8 Å². The Labute approximate surface area is 107 Å². The molecule has 0 amide bonds. The maximum Gasteiger partial charge on any atom is 0.330 e. The fourth-order valence-corrected chi connectivity index (χ4v) is 2.02. The molecule has 1 aliphatic heterocycles. The molecule has 19 heavy (non-hydrogen) atoms. The van der Waals surface area contributed by atoms with Gasteiger partial charge >= 0.3 is 5.69 Å². The third kappa shape index (κ3) is 2.39. The quantitative estimate of drug-likeness (QED) is 0.458. The normalized spacial score (nSPS) is 26.1. The number of ether oxygens (including phenoxy) is 1. The van der Waals surface area contributed by atoms with Gasteiger partial charge < -0.3 is 9.84 Å². The number of H-pyrrole nitrogens is 1. The zero-order valence-corrected chi connectivity index (χ0v) is 10.2. The largest absolute Gasteiger partial charge is 0.393 e. The van der Waals surface area contributed by atoms with Crippen LogP contribution >= 0.6 is 0 Å². The van der Waals surface area contributed by atoms with Crippen LogP contribution in [0.5, 0.6) is 0 Å². The molecular formula is C10H13N5O4. The predicted molar refractivity (Wildman–Crippen MR) is 64.4 cm³/mol. The highest BCUT2D eigenvalue weighted by molar-refractivity contribution is 5.02. The summed E-state index contributed by atoms with van der Waals surface area (Å²) >= 11 is 0. The van der Waals surface area contributed by atoms with Gasteiger partial charge in [-0.2, -0.15) is 0 Å². The van der Waals surface area contributed by atoms with E-state index in [0.717, 1.165) is 0 Å². The Morgan fingerprint density at radius 3 is 3.11 bits per heavy atom. The molecule has 0 radical (unpaired) electrons. The molecule has 1 aromatic heterocycles. The molecule has 0 bridgehead atoms. The summed E-state index contributed by atoms with van der Waals surface area (Å²) in [6.07, 6.45) is 1.39. The number of azide groups is 1. The van der Waals surface area contributed by atoms with E-state index in [2.05, 4.69) is 15.0 Å². The minimum absolute atomic E-state index is 0.294. The molecular weight excluding hydrogens is 254 g/mol. The number of nitrogens with zero attached hydrogens (tertiary/aromatic N) is 4. The van der Waals surface area contributed by atoms with E-state index in [4.69, 9.17) is 10.3 Å². The lowest BCUT2D eigenvalue weighted by atomic mass is 10.1. The maximum atomic E-state index is 11.7. The van der Waals surface area contributed by atoms with Gasteiger partial charge in [-0.3, -0.25) is 14.3 Å². The van der Waals surface area contributed by atoms with Crippen molar-refractivity contribution in [3.05, 3.63) is 43.0 Å². The van der Waals surface area contributed by atoms with Crippen LogP contribution in [-0.4, -0.2) is 27.0 Å². The summed E-state index contributed by atoms with van der Waals surface area (Å²) in [5.74, 6) is 0. The van der Waals surface area contributed by atoms with Gasteiger partial charge in [0.1, 0.15) is 6.23 Å². The SMILES string of the molecule is Cc1cn([C@H]2CC[C@](CO)(N=[N+]=[N-])O2)c(=O)[nH]c1=O. The molecule has 0 aliphatic carbocycles. The lowest BCUT2D eigenvalue weighted by molar-refractivity contribution is -0.0951. The van der Waals surface area contributed by atoms with Crippen LogP contribution < -0.4 is 11.2 Å². The summed E-state index contributed by atoms with van der Waals surface area (Å²) < 4.78 is 6.69. The van der Waals surface area contributed by atoms with Gasteiger partial charge in [-0.15, -0.1) is 0 Å². The molecule has 9 nitrogen and oxygen atoms in total. The zero-order valence-electron chi connectivity index (χ0n) is 10.2. The van der Waals surface area contributed by atoms with E-state index in [9.17, 15) is 14.7 Å². The highest BCUT2D eigenvalue weighted by atomic mass is 16.6. The summed E-state index contributed by atoms with van der Waals surface area (Å²) in [6, 6.07) is 0. The molecule has 0 aromatic carbocycles. The molecule has 1 fully saturated rings. The van der Waals surface area contributed by atoms with Crippen LogP contribution in [0.15, 0.2) is 20.9 Å². The van der Waals surface area contributed by atoms with Crippen LogP contribution in [-0.2, 0) is 4.74 Å². The number of aromatic nitrogens is 2. The number of hydrogen-bond acceptors (Lipinski definition) is 5. The van der Waals surface area contributed by atoms with Crippen LogP contribution in [0.2, 0.25) is 0 Å². The van der Waals surface area contributed by atoms with Crippen LogP contribution in [0.1, 0.15) is 24.6 Å².